The van der Waals surface area contributed by atoms with E-state index in [1.807, 2.05) is 0 Å². The molecular formula is C30H33F2N3O7. The van der Waals surface area contributed by atoms with E-state index >= 15 is 0 Å². The highest BCUT2D eigenvalue weighted by atomic mass is 19.1. The topological polar surface area (TPSA) is 136 Å². The Morgan fingerprint density at radius 3 is 2.05 bits per heavy atom. The highest BCUT2D eigenvalue weighted by molar-refractivity contribution is 5.99. The zero-order valence-corrected chi connectivity index (χ0v) is 23.5. The number of halogens is 2. The standard InChI is InChI=1S/C30H33F2N3O7/c1-17(2)29(38)41-16-40-27-24(34-15-36)13-14-33-26(27)28(37)35-18(3)30(39)42-19(4)25(20-5-9-22(31)10-6-20)21-7-11-23(32)12-8-21/h5-15,17-19,25,29,38H,16H2,1-4H3,(H,35,37)(H,33,34,36)/t18-,19?,29?/m0/s1. The van der Waals surface area contributed by atoms with E-state index < -0.39 is 54.7 Å². The fourth-order valence-corrected chi connectivity index (χ4v) is 4.04. The number of rotatable bonds is 14. The molecule has 3 N–H and O–H groups in total. The summed E-state index contributed by atoms with van der Waals surface area (Å²) in [4.78, 5) is 41.3. The van der Waals surface area contributed by atoms with Gasteiger partial charge in [-0.15, -0.1) is 0 Å². The van der Waals surface area contributed by atoms with E-state index in [1.54, 1.807) is 45.0 Å². The van der Waals surface area contributed by atoms with Gasteiger partial charge in [0.05, 0.1) is 5.69 Å². The molecule has 0 saturated heterocycles. The molecule has 10 nitrogen and oxygen atoms in total. The van der Waals surface area contributed by atoms with E-state index in [-0.39, 0.29) is 23.0 Å². The number of ether oxygens (including phenoxy) is 3. The zero-order chi connectivity index (χ0) is 30.8. The first kappa shape index (κ1) is 32.1. The Labute approximate surface area is 242 Å². The Bertz CT molecular complexity index is 1310. The van der Waals surface area contributed by atoms with Crippen LogP contribution in [-0.2, 0) is 19.1 Å². The largest absolute Gasteiger partial charge is 0.463 e. The SMILES string of the molecule is CC(C)C(O)OCOc1c(NC=O)ccnc1C(=O)N[C@@H](C)C(=O)OC(C)C(c1ccc(F)cc1)c1ccc(F)cc1. The molecule has 224 valence electrons. The molecule has 0 aliphatic heterocycles. The van der Waals surface area contributed by atoms with Gasteiger partial charge in [-0.1, -0.05) is 38.1 Å². The maximum atomic E-state index is 13.6. The summed E-state index contributed by atoms with van der Waals surface area (Å²) in [6.45, 7) is 6.05. The van der Waals surface area contributed by atoms with Crippen molar-refractivity contribution in [1.82, 2.24) is 10.3 Å². The van der Waals surface area contributed by atoms with E-state index in [0.717, 1.165) is 0 Å². The summed E-state index contributed by atoms with van der Waals surface area (Å²) in [6.07, 6.45) is -0.284. The molecule has 42 heavy (non-hydrogen) atoms. The molecule has 3 rings (SSSR count). The molecule has 3 aromatic rings. The Morgan fingerprint density at radius 1 is 0.952 bits per heavy atom. The van der Waals surface area contributed by atoms with Gasteiger partial charge < -0.3 is 30.0 Å². The first-order chi connectivity index (χ1) is 20.0. The van der Waals surface area contributed by atoms with Gasteiger partial charge in [-0.05, 0) is 55.3 Å². The summed E-state index contributed by atoms with van der Waals surface area (Å²) in [5.41, 5.74) is 1.12. The number of amides is 2. The van der Waals surface area contributed by atoms with E-state index in [1.165, 1.54) is 43.5 Å². The number of aromatic nitrogens is 1. The van der Waals surface area contributed by atoms with Crippen LogP contribution in [0, 0.1) is 17.6 Å². The van der Waals surface area contributed by atoms with E-state index in [0.29, 0.717) is 17.5 Å². The maximum Gasteiger partial charge on any atom is 0.328 e. The van der Waals surface area contributed by atoms with Gasteiger partial charge >= 0.3 is 5.97 Å². The molecule has 1 aromatic heterocycles. The Hall–Kier alpha value is -4.42. The Morgan fingerprint density at radius 2 is 1.52 bits per heavy atom. The monoisotopic (exact) mass is 585 g/mol. The van der Waals surface area contributed by atoms with Crippen LogP contribution in [0.2, 0.25) is 0 Å². The minimum atomic E-state index is -1.15. The lowest BCUT2D eigenvalue weighted by Crippen LogP contribution is -2.41. The third kappa shape index (κ3) is 8.54. The lowest BCUT2D eigenvalue weighted by Gasteiger charge is -2.26. The van der Waals surface area contributed by atoms with E-state index in [2.05, 4.69) is 15.6 Å². The quantitative estimate of drug-likeness (QED) is 0.146. The van der Waals surface area contributed by atoms with Crippen LogP contribution in [0.3, 0.4) is 0 Å². The lowest BCUT2D eigenvalue weighted by molar-refractivity contribution is -0.163. The number of aliphatic hydroxyl groups excluding tert-OH is 1. The molecule has 3 atom stereocenters. The summed E-state index contributed by atoms with van der Waals surface area (Å²) in [7, 11) is 0. The zero-order valence-electron chi connectivity index (χ0n) is 23.5. The molecule has 0 aliphatic rings. The van der Waals surface area contributed by atoms with Crippen molar-refractivity contribution in [2.75, 3.05) is 12.1 Å². The molecule has 0 saturated carbocycles. The minimum absolute atomic E-state index is 0.109. The smallest absolute Gasteiger partial charge is 0.328 e. The predicted molar refractivity (Wildman–Crippen MR) is 148 cm³/mol. The van der Waals surface area contributed by atoms with Gasteiger partial charge in [-0.2, -0.15) is 0 Å². The summed E-state index contributed by atoms with van der Waals surface area (Å²) < 4.78 is 43.6. The van der Waals surface area contributed by atoms with Crippen molar-refractivity contribution in [3.63, 3.8) is 0 Å². The summed E-state index contributed by atoms with van der Waals surface area (Å²) >= 11 is 0. The number of nitrogens with zero attached hydrogens (tertiary/aromatic N) is 1. The van der Waals surface area contributed by atoms with Gasteiger partial charge in [0, 0.05) is 18.0 Å². The maximum absolute atomic E-state index is 13.6. The van der Waals surface area contributed by atoms with Gasteiger partial charge in [0.15, 0.2) is 24.5 Å². The summed E-state index contributed by atoms with van der Waals surface area (Å²) in [5.74, 6) is -3.40. The van der Waals surface area contributed by atoms with Crippen molar-refractivity contribution in [1.29, 1.82) is 0 Å². The number of hydrogen-bond donors (Lipinski definition) is 3. The highest BCUT2D eigenvalue weighted by Gasteiger charge is 2.29. The fraction of sp³-hybridized carbons (Fsp3) is 0.333. The normalized spacial score (nSPS) is 13.3. The third-order valence-corrected chi connectivity index (χ3v) is 6.28. The number of esters is 1. The molecule has 2 unspecified atom stereocenters. The number of carbonyl (C=O) groups excluding carboxylic acids is 3. The molecule has 12 heteroatoms. The Kier molecular flexibility index (Phi) is 11.5. The number of anilines is 1. The van der Waals surface area contributed by atoms with Crippen LogP contribution in [0.25, 0.3) is 0 Å². The summed E-state index contributed by atoms with van der Waals surface area (Å²) in [5, 5.41) is 14.8. The number of hydrogen-bond acceptors (Lipinski definition) is 8. The van der Waals surface area contributed by atoms with Crippen LogP contribution in [0.15, 0.2) is 60.8 Å². The molecule has 1 heterocycles. The highest BCUT2D eigenvalue weighted by Crippen LogP contribution is 2.31. The summed E-state index contributed by atoms with van der Waals surface area (Å²) in [6, 6.07) is 11.5. The van der Waals surface area contributed by atoms with Crippen molar-refractivity contribution < 1.29 is 42.5 Å². The van der Waals surface area contributed by atoms with Crippen molar-refractivity contribution in [3.8, 4) is 5.75 Å². The number of benzene rings is 2. The molecule has 2 aromatic carbocycles. The van der Waals surface area contributed by atoms with E-state index in [4.69, 9.17) is 14.2 Å². The van der Waals surface area contributed by atoms with Crippen LogP contribution in [-0.4, -0.2) is 53.6 Å². The molecule has 0 fully saturated rings. The number of pyridine rings is 1. The van der Waals surface area contributed by atoms with Gasteiger partial charge in [0.2, 0.25) is 6.41 Å². The van der Waals surface area contributed by atoms with Crippen LogP contribution < -0.4 is 15.4 Å². The molecule has 2 amide bonds. The minimum Gasteiger partial charge on any atom is -0.463 e. The van der Waals surface area contributed by atoms with Gasteiger partial charge in [-0.3, -0.25) is 9.59 Å². The third-order valence-electron chi connectivity index (χ3n) is 6.28. The van der Waals surface area contributed by atoms with Crippen molar-refractivity contribution in [2.45, 2.75) is 52.0 Å². The lowest BCUT2D eigenvalue weighted by atomic mass is 9.87. The number of carbonyl (C=O) groups is 3. The molecular weight excluding hydrogens is 552 g/mol. The number of aliphatic hydroxyl groups is 1. The van der Waals surface area contributed by atoms with Crippen molar-refractivity contribution in [3.05, 3.63) is 89.2 Å². The van der Waals surface area contributed by atoms with Crippen LogP contribution in [0.1, 0.15) is 55.2 Å². The van der Waals surface area contributed by atoms with Crippen molar-refractivity contribution in [2.24, 2.45) is 5.92 Å². The predicted octanol–water partition coefficient (Wildman–Crippen LogP) is 4.14. The number of nitrogens with one attached hydrogen (secondary N) is 2. The van der Waals surface area contributed by atoms with Crippen LogP contribution in [0.4, 0.5) is 14.5 Å². The average Bonchev–Trinajstić information content (AvgIpc) is 2.95. The van der Waals surface area contributed by atoms with Crippen LogP contribution >= 0.6 is 0 Å². The van der Waals surface area contributed by atoms with Crippen molar-refractivity contribution >= 4 is 24.0 Å². The molecule has 0 spiro atoms. The fourth-order valence-electron chi connectivity index (χ4n) is 4.04. The second-order valence-corrected chi connectivity index (χ2v) is 9.78. The first-order valence-electron chi connectivity index (χ1n) is 13.2. The Balaban J connectivity index is 1.75. The van der Waals surface area contributed by atoms with E-state index in [9.17, 15) is 28.3 Å². The van der Waals surface area contributed by atoms with Crippen LogP contribution in [0.5, 0.6) is 5.75 Å². The second-order valence-electron chi connectivity index (χ2n) is 9.78. The van der Waals surface area contributed by atoms with Gasteiger partial charge in [-0.25, -0.2) is 18.6 Å². The first-order valence-corrected chi connectivity index (χ1v) is 13.2. The second kappa shape index (κ2) is 15.0. The van der Waals surface area contributed by atoms with Gasteiger partial charge in [0.1, 0.15) is 23.8 Å². The molecule has 0 bridgehead atoms. The molecule has 0 aliphatic carbocycles. The van der Waals surface area contributed by atoms with Gasteiger partial charge in [0.25, 0.3) is 5.91 Å². The molecule has 0 radical (unpaired) electrons. The average molecular weight is 586 g/mol.